The van der Waals surface area contributed by atoms with E-state index in [1.54, 1.807) is 0 Å². The molecule has 3 heteroatoms. The molecular weight excluding hydrogens is 351 g/mol. The molecule has 0 amide bonds. The maximum absolute atomic E-state index is 13.8. The molecule has 0 heterocycles. The molecule has 0 aromatic heterocycles. The Kier molecular flexibility index (Phi) is 7.06. The SMILES string of the molecule is Cc1cc(C)c(C(=O)C2([P+](=O)CC(C)CC(C)(C)C)CCCCC2)c(C)c1. The van der Waals surface area contributed by atoms with E-state index in [1.807, 2.05) is 13.8 Å². The van der Waals surface area contributed by atoms with Gasteiger partial charge in [0.15, 0.2) is 0 Å². The molecule has 1 aliphatic carbocycles. The second-order valence-corrected chi connectivity index (χ2v) is 12.1. The van der Waals surface area contributed by atoms with Gasteiger partial charge in [-0.1, -0.05) is 56.4 Å². The van der Waals surface area contributed by atoms with Crippen molar-refractivity contribution in [2.24, 2.45) is 11.3 Å². The highest BCUT2D eigenvalue weighted by Gasteiger charge is 2.56. The Morgan fingerprint density at radius 2 is 1.59 bits per heavy atom. The number of ketones is 1. The monoisotopic (exact) mass is 389 g/mol. The molecule has 0 saturated heterocycles. The first-order valence-corrected chi connectivity index (χ1v) is 12.0. The molecule has 1 aliphatic rings. The van der Waals surface area contributed by atoms with E-state index in [4.69, 9.17) is 0 Å². The summed E-state index contributed by atoms with van der Waals surface area (Å²) in [6.07, 6.45) is 6.48. The topological polar surface area (TPSA) is 34.1 Å². The lowest BCUT2D eigenvalue weighted by Crippen LogP contribution is -2.39. The fraction of sp³-hybridized carbons (Fsp3) is 0.708. The molecule has 2 atom stereocenters. The Bertz CT molecular complexity index is 683. The quantitative estimate of drug-likeness (QED) is 0.375. The molecule has 1 aromatic rings. The zero-order valence-electron chi connectivity index (χ0n) is 18.4. The number of aryl methyl sites for hydroxylation is 3. The molecule has 1 fully saturated rings. The number of benzene rings is 1. The van der Waals surface area contributed by atoms with Gasteiger partial charge < -0.3 is 0 Å². The molecule has 150 valence electrons. The van der Waals surface area contributed by atoms with Gasteiger partial charge in [-0.15, -0.1) is 0 Å². The number of carbonyl (C=O) groups excluding carboxylic acids is 1. The van der Waals surface area contributed by atoms with Crippen molar-refractivity contribution in [3.8, 4) is 0 Å². The molecule has 27 heavy (non-hydrogen) atoms. The standard InChI is InChI=1S/C24H38O2P/c1-17-13-19(3)21(20(4)14-17)22(25)24(11-9-8-10-12-24)27(26)16-18(2)15-23(5,6)7/h13-14,18H,8-12,15-16H2,1-7H3/q+1. The van der Waals surface area contributed by atoms with Crippen molar-refractivity contribution in [3.63, 3.8) is 0 Å². The smallest absolute Gasteiger partial charge is 0.289 e. The molecule has 0 spiro atoms. The third-order valence-electron chi connectivity index (χ3n) is 5.92. The van der Waals surface area contributed by atoms with Gasteiger partial charge >= 0.3 is 7.80 Å². The summed E-state index contributed by atoms with van der Waals surface area (Å²) in [5, 5.41) is -0.648. The van der Waals surface area contributed by atoms with Crippen LogP contribution in [-0.2, 0) is 4.57 Å². The minimum Gasteiger partial charge on any atom is -0.289 e. The molecule has 0 aliphatic heterocycles. The van der Waals surface area contributed by atoms with Crippen molar-refractivity contribution in [3.05, 3.63) is 34.4 Å². The van der Waals surface area contributed by atoms with Crippen LogP contribution in [0.1, 0.15) is 93.3 Å². The number of rotatable bonds is 6. The predicted octanol–water partition coefficient (Wildman–Crippen LogP) is 7.40. The minimum atomic E-state index is -1.57. The van der Waals surface area contributed by atoms with E-state index in [1.165, 1.54) is 5.56 Å². The summed E-state index contributed by atoms with van der Waals surface area (Å²) in [6.45, 7) is 15.0. The fourth-order valence-electron chi connectivity index (χ4n) is 5.07. The lowest BCUT2D eigenvalue weighted by Gasteiger charge is -2.29. The van der Waals surface area contributed by atoms with Crippen LogP contribution in [0.5, 0.6) is 0 Å². The van der Waals surface area contributed by atoms with Gasteiger partial charge in [0.2, 0.25) is 10.9 Å². The molecule has 2 nitrogen and oxygen atoms in total. The van der Waals surface area contributed by atoms with Crippen LogP contribution in [0.3, 0.4) is 0 Å². The first-order valence-electron chi connectivity index (χ1n) is 10.5. The summed E-state index contributed by atoms with van der Waals surface area (Å²) in [7, 11) is -1.57. The van der Waals surface area contributed by atoms with Crippen molar-refractivity contribution in [1.29, 1.82) is 0 Å². The van der Waals surface area contributed by atoms with E-state index in [2.05, 4.69) is 46.8 Å². The van der Waals surface area contributed by atoms with Gasteiger partial charge in [0.05, 0.1) is 0 Å². The third kappa shape index (κ3) is 5.29. The van der Waals surface area contributed by atoms with Crippen LogP contribution in [0, 0.1) is 32.1 Å². The summed E-state index contributed by atoms with van der Waals surface area (Å²) in [4.78, 5) is 13.8. The largest absolute Gasteiger partial charge is 0.353 e. The Balaban J connectivity index is 2.36. The molecular formula is C24H38O2P+. The number of hydrogen-bond donors (Lipinski definition) is 0. The van der Waals surface area contributed by atoms with Gasteiger partial charge in [-0.3, -0.25) is 4.79 Å². The van der Waals surface area contributed by atoms with E-state index in [9.17, 15) is 9.36 Å². The average molecular weight is 390 g/mol. The number of hydrogen-bond acceptors (Lipinski definition) is 2. The molecule has 1 saturated carbocycles. The van der Waals surface area contributed by atoms with Crippen LogP contribution in [0.2, 0.25) is 0 Å². The third-order valence-corrected chi connectivity index (χ3v) is 8.48. The Morgan fingerprint density at radius 3 is 2.07 bits per heavy atom. The lowest BCUT2D eigenvalue weighted by atomic mass is 9.80. The maximum Gasteiger partial charge on any atom is 0.353 e. The van der Waals surface area contributed by atoms with Crippen LogP contribution in [0.4, 0.5) is 0 Å². The van der Waals surface area contributed by atoms with E-state index in [-0.39, 0.29) is 11.2 Å². The summed E-state index contributed by atoms with van der Waals surface area (Å²) >= 11 is 0. The van der Waals surface area contributed by atoms with Gasteiger partial charge in [-0.2, -0.15) is 0 Å². The molecule has 2 unspecified atom stereocenters. The van der Waals surface area contributed by atoms with Crippen LogP contribution < -0.4 is 0 Å². The minimum absolute atomic E-state index is 0.154. The Hall–Kier alpha value is -1.01. The van der Waals surface area contributed by atoms with E-state index < -0.39 is 13.0 Å². The zero-order valence-corrected chi connectivity index (χ0v) is 19.3. The van der Waals surface area contributed by atoms with Crippen LogP contribution >= 0.6 is 7.80 Å². The fourth-order valence-corrected chi connectivity index (χ4v) is 7.26. The highest BCUT2D eigenvalue weighted by atomic mass is 31.1. The van der Waals surface area contributed by atoms with Crippen molar-refractivity contribution in [1.82, 2.24) is 0 Å². The van der Waals surface area contributed by atoms with Gasteiger partial charge in [-0.25, -0.2) is 0 Å². The summed E-state index contributed by atoms with van der Waals surface area (Å²) in [5.74, 6) is 0.529. The molecule has 2 rings (SSSR count). The highest BCUT2D eigenvalue weighted by Crippen LogP contribution is 2.53. The first-order chi connectivity index (χ1) is 12.5. The van der Waals surface area contributed by atoms with Crippen LogP contribution in [0.25, 0.3) is 0 Å². The lowest BCUT2D eigenvalue weighted by molar-refractivity contribution is 0.0911. The number of Topliss-reactive ketones (excluding diaryl/α,β-unsaturated/α-hetero) is 1. The van der Waals surface area contributed by atoms with Crippen molar-refractivity contribution in [2.45, 2.75) is 92.1 Å². The van der Waals surface area contributed by atoms with Crippen LogP contribution in [-0.4, -0.2) is 17.1 Å². The van der Waals surface area contributed by atoms with Gasteiger partial charge in [0.25, 0.3) is 0 Å². The van der Waals surface area contributed by atoms with E-state index >= 15 is 0 Å². The van der Waals surface area contributed by atoms with Crippen molar-refractivity contribution < 1.29 is 9.36 Å². The van der Waals surface area contributed by atoms with E-state index in [0.717, 1.165) is 55.2 Å². The van der Waals surface area contributed by atoms with E-state index in [0.29, 0.717) is 12.1 Å². The molecule has 0 N–H and O–H groups in total. The van der Waals surface area contributed by atoms with Gasteiger partial charge in [0.1, 0.15) is 6.16 Å². The first kappa shape index (κ1) is 22.3. The number of carbonyl (C=O) groups is 1. The second-order valence-electron chi connectivity index (χ2n) is 10.1. The molecule has 1 aromatic carbocycles. The maximum atomic E-state index is 13.8. The second kappa shape index (κ2) is 8.56. The normalized spacial score (nSPS) is 18.9. The Morgan fingerprint density at radius 1 is 1.07 bits per heavy atom. The van der Waals surface area contributed by atoms with Crippen molar-refractivity contribution >= 4 is 13.6 Å². The predicted molar refractivity (Wildman–Crippen MR) is 117 cm³/mol. The van der Waals surface area contributed by atoms with Crippen molar-refractivity contribution in [2.75, 3.05) is 6.16 Å². The molecule has 0 bridgehead atoms. The Labute approximate surface area is 167 Å². The summed E-state index contributed by atoms with van der Waals surface area (Å²) in [5.41, 5.74) is 4.31. The zero-order chi connectivity index (χ0) is 20.4. The highest BCUT2D eigenvalue weighted by molar-refractivity contribution is 7.48. The summed E-state index contributed by atoms with van der Waals surface area (Å²) in [6, 6.07) is 4.18. The van der Waals surface area contributed by atoms with Gasteiger partial charge in [0, 0.05) is 24.3 Å². The molecule has 0 radical (unpaired) electrons. The van der Waals surface area contributed by atoms with Gasteiger partial charge in [-0.05, 0) is 56.6 Å². The van der Waals surface area contributed by atoms with Crippen LogP contribution in [0.15, 0.2) is 12.1 Å². The average Bonchev–Trinajstić information content (AvgIpc) is 2.52. The summed E-state index contributed by atoms with van der Waals surface area (Å²) < 4.78 is 13.6.